The molecule has 7 nitrogen and oxygen atoms in total. The van der Waals surface area contributed by atoms with Gasteiger partial charge < -0.3 is 10.2 Å². The molecule has 0 aliphatic carbocycles. The van der Waals surface area contributed by atoms with Crippen molar-refractivity contribution in [3.05, 3.63) is 37.1 Å². The smallest absolute Gasteiger partial charge is 0.168 e. The second-order valence-corrected chi connectivity index (χ2v) is 4.93. The van der Waals surface area contributed by atoms with Gasteiger partial charge in [0.15, 0.2) is 5.65 Å². The molecule has 21 heavy (non-hydrogen) atoms. The molecule has 4 rings (SSSR count). The Morgan fingerprint density at radius 1 is 1.05 bits per heavy atom. The predicted octanol–water partition coefficient (Wildman–Crippen LogP) is 0.620. The van der Waals surface area contributed by atoms with Crippen LogP contribution >= 0.6 is 0 Å². The van der Waals surface area contributed by atoms with Gasteiger partial charge >= 0.3 is 0 Å². The molecule has 0 unspecified atom stereocenters. The first-order valence-electron chi connectivity index (χ1n) is 6.98. The van der Waals surface area contributed by atoms with Crippen molar-refractivity contribution < 1.29 is 0 Å². The standard InChI is InChI=1S/C14H15N7/c1-3-15-4-2-11(1)21-14-12(9-19-21)13(17-10-18-14)20-7-5-16-6-8-20/h1-4,9-10,16H,5-8H2. The van der Waals surface area contributed by atoms with Crippen LogP contribution in [0.3, 0.4) is 0 Å². The highest BCUT2D eigenvalue weighted by atomic mass is 15.3. The highest BCUT2D eigenvalue weighted by Gasteiger charge is 2.17. The van der Waals surface area contributed by atoms with E-state index in [0.29, 0.717) is 0 Å². The molecule has 4 heterocycles. The number of piperazine rings is 1. The van der Waals surface area contributed by atoms with Gasteiger partial charge in [0.2, 0.25) is 0 Å². The maximum atomic E-state index is 4.47. The SMILES string of the molecule is c1cc(-n2ncc3c(N4CCNCC4)ncnc32)ccn1. The molecule has 1 saturated heterocycles. The first-order valence-corrected chi connectivity index (χ1v) is 6.98. The number of hydrogen-bond acceptors (Lipinski definition) is 6. The lowest BCUT2D eigenvalue weighted by Crippen LogP contribution is -2.44. The van der Waals surface area contributed by atoms with E-state index >= 15 is 0 Å². The quantitative estimate of drug-likeness (QED) is 0.742. The second-order valence-electron chi connectivity index (χ2n) is 4.93. The predicted molar refractivity (Wildman–Crippen MR) is 79.5 cm³/mol. The molecule has 0 bridgehead atoms. The number of aromatic nitrogens is 5. The molecule has 3 aromatic heterocycles. The summed E-state index contributed by atoms with van der Waals surface area (Å²) in [4.78, 5) is 15.2. The summed E-state index contributed by atoms with van der Waals surface area (Å²) in [5, 5.41) is 8.80. The van der Waals surface area contributed by atoms with E-state index in [0.717, 1.165) is 48.7 Å². The number of nitrogens with zero attached hydrogens (tertiary/aromatic N) is 6. The largest absolute Gasteiger partial charge is 0.353 e. The van der Waals surface area contributed by atoms with Crippen LogP contribution in [0.2, 0.25) is 0 Å². The zero-order chi connectivity index (χ0) is 14.1. The lowest BCUT2D eigenvalue weighted by molar-refractivity contribution is 0.586. The average molecular weight is 281 g/mol. The lowest BCUT2D eigenvalue weighted by Gasteiger charge is -2.28. The summed E-state index contributed by atoms with van der Waals surface area (Å²) in [5.41, 5.74) is 1.77. The van der Waals surface area contributed by atoms with Crippen molar-refractivity contribution in [3.63, 3.8) is 0 Å². The molecule has 1 aliphatic heterocycles. The van der Waals surface area contributed by atoms with E-state index in [1.54, 1.807) is 18.7 Å². The van der Waals surface area contributed by atoms with Crippen molar-refractivity contribution in [1.29, 1.82) is 0 Å². The molecule has 7 heteroatoms. The molecule has 1 aliphatic rings. The molecule has 0 saturated carbocycles. The van der Waals surface area contributed by atoms with Crippen molar-refractivity contribution in [1.82, 2.24) is 30.0 Å². The minimum atomic E-state index is 0.824. The molecule has 106 valence electrons. The van der Waals surface area contributed by atoms with Crippen LogP contribution in [0.4, 0.5) is 5.82 Å². The van der Waals surface area contributed by atoms with Gasteiger partial charge in [0.05, 0.1) is 17.3 Å². The summed E-state index contributed by atoms with van der Waals surface area (Å²) in [5.74, 6) is 0.960. The second kappa shape index (κ2) is 5.10. The average Bonchev–Trinajstić information content (AvgIpc) is 3.00. The third-order valence-corrected chi connectivity index (χ3v) is 3.67. The Morgan fingerprint density at radius 2 is 1.86 bits per heavy atom. The summed E-state index contributed by atoms with van der Waals surface area (Å²) in [7, 11) is 0. The van der Waals surface area contributed by atoms with Crippen LogP contribution in [0.1, 0.15) is 0 Å². The number of nitrogens with one attached hydrogen (secondary N) is 1. The Morgan fingerprint density at radius 3 is 2.67 bits per heavy atom. The minimum Gasteiger partial charge on any atom is -0.353 e. The number of fused-ring (bicyclic) bond motifs is 1. The third kappa shape index (κ3) is 2.11. The molecule has 0 spiro atoms. The Kier molecular flexibility index (Phi) is 2.97. The summed E-state index contributed by atoms with van der Waals surface area (Å²) in [6, 6.07) is 3.83. The van der Waals surface area contributed by atoms with Crippen LogP contribution in [0.5, 0.6) is 0 Å². The fourth-order valence-corrected chi connectivity index (χ4v) is 2.63. The van der Waals surface area contributed by atoms with Crippen LogP contribution in [0, 0.1) is 0 Å². The summed E-state index contributed by atoms with van der Waals surface area (Å²) >= 11 is 0. The fraction of sp³-hybridized carbons (Fsp3) is 0.286. The van der Waals surface area contributed by atoms with Gasteiger partial charge in [-0.05, 0) is 12.1 Å². The maximum Gasteiger partial charge on any atom is 0.168 e. The molecular formula is C14H15N7. The number of rotatable bonds is 2. The molecule has 0 radical (unpaired) electrons. The number of anilines is 1. The Hall–Kier alpha value is -2.54. The van der Waals surface area contributed by atoms with Crippen molar-refractivity contribution >= 4 is 16.9 Å². The van der Waals surface area contributed by atoms with Gasteiger partial charge in [0, 0.05) is 38.6 Å². The summed E-state index contributed by atoms with van der Waals surface area (Å²) in [6.07, 6.45) is 6.95. The van der Waals surface area contributed by atoms with Crippen molar-refractivity contribution in [2.75, 3.05) is 31.1 Å². The Bertz CT molecular complexity index is 746. The van der Waals surface area contributed by atoms with E-state index in [2.05, 4.69) is 30.3 Å². The summed E-state index contributed by atoms with van der Waals surface area (Å²) < 4.78 is 1.82. The van der Waals surface area contributed by atoms with Crippen LogP contribution in [-0.2, 0) is 0 Å². The van der Waals surface area contributed by atoms with Gasteiger partial charge in [-0.15, -0.1) is 0 Å². The van der Waals surface area contributed by atoms with Gasteiger partial charge in [-0.2, -0.15) is 5.10 Å². The topological polar surface area (TPSA) is 71.8 Å². The van der Waals surface area contributed by atoms with E-state index in [9.17, 15) is 0 Å². The van der Waals surface area contributed by atoms with Crippen molar-refractivity contribution in [3.8, 4) is 5.69 Å². The molecular weight excluding hydrogens is 266 g/mol. The zero-order valence-corrected chi connectivity index (χ0v) is 11.5. The first-order chi connectivity index (χ1) is 10.4. The van der Waals surface area contributed by atoms with E-state index < -0.39 is 0 Å². The van der Waals surface area contributed by atoms with Crippen molar-refractivity contribution in [2.45, 2.75) is 0 Å². The highest BCUT2D eigenvalue weighted by Crippen LogP contribution is 2.24. The zero-order valence-electron chi connectivity index (χ0n) is 11.5. The summed E-state index contributed by atoms with van der Waals surface area (Å²) in [6.45, 7) is 3.85. The van der Waals surface area contributed by atoms with Crippen molar-refractivity contribution in [2.24, 2.45) is 0 Å². The third-order valence-electron chi connectivity index (χ3n) is 3.67. The van der Waals surface area contributed by atoms with Crippen LogP contribution in [-0.4, -0.2) is 50.9 Å². The highest BCUT2D eigenvalue weighted by molar-refractivity contribution is 5.87. The molecule has 0 amide bonds. The van der Waals surface area contributed by atoms with Gasteiger partial charge in [-0.25, -0.2) is 14.6 Å². The van der Waals surface area contributed by atoms with Gasteiger partial charge in [-0.1, -0.05) is 0 Å². The Labute approximate surface area is 121 Å². The normalized spacial score (nSPS) is 15.5. The van der Waals surface area contributed by atoms with E-state index in [-0.39, 0.29) is 0 Å². The Balaban J connectivity index is 1.83. The minimum absolute atomic E-state index is 0.824. The van der Waals surface area contributed by atoms with Gasteiger partial charge in [0.1, 0.15) is 12.1 Å². The van der Waals surface area contributed by atoms with Crippen LogP contribution in [0.15, 0.2) is 37.1 Å². The lowest BCUT2D eigenvalue weighted by atomic mass is 10.3. The fourth-order valence-electron chi connectivity index (χ4n) is 2.63. The van der Waals surface area contributed by atoms with Crippen LogP contribution in [0.25, 0.3) is 16.7 Å². The maximum absolute atomic E-state index is 4.47. The first kappa shape index (κ1) is 12.2. The number of hydrogen-bond donors (Lipinski definition) is 1. The molecule has 3 aromatic rings. The van der Waals surface area contributed by atoms with Gasteiger partial charge in [0.25, 0.3) is 0 Å². The van der Waals surface area contributed by atoms with E-state index in [1.165, 1.54) is 0 Å². The van der Waals surface area contributed by atoms with Gasteiger partial charge in [-0.3, -0.25) is 4.98 Å². The van der Waals surface area contributed by atoms with Crippen LogP contribution < -0.4 is 10.2 Å². The van der Waals surface area contributed by atoms with E-state index in [1.807, 2.05) is 23.0 Å². The number of pyridine rings is 1. The molecule has 1 fully saturated rings. The molecule has 1 N–H and O–H groups in total. The van der Waals surface area contributed by atoms with E-state index in [4.69, 9.17) is 0 Å². The monoisotopic (exact) mass is 281 g/mol. The molecule has 0 aromatic carbocycles. The molecule has 0 atom stereocenters.